The van der Waals surface area contributed by atoms with Crippen molar-refractivity contribution < 1.29 is 14.3 Å². The number of hydrogen-bond donors (Lipinski definition) is 1. The molecule has 0 aromatic heterocycles. The normalized spacial score (nSPS) is 9.89. The van der Waals surface area contributed by atoms with Gasteiger partial charge in [0.2, 0.25) is 0 Å². The highest BCUT2D eigenvalue weighted by Crippen LogP contribution is 2.16. The lowest BCUT2D eigenvalue weighted by Gasteiger charge is -2.09. The first-order valence-corrected chi connectivity index (χ1v) is 5.78. The molecule has 1 amide bonds. The first kappa shape index (κ1) is 14.3. The Hall–Kier alpha value is -1.81. The Morgan fingerprint density at radius 3 is 2.78 bits per heavy atom. The number of carbonyl (C=O) groups excluding carboxylic acids is 1. The van der Waals surface area contributed by atoms with Crippen molar-refractivity contribution in [3.05, 3.63) is 42.0 Å². The Morgan fingerprint density at radius 2 is 2.11 bits per heavy atom. The number of methoxy groups -OCH3 is 1. The molecule has 98 valence electrons. The highest BCUT2D eigenvalue weighted by molar-refractivity contribution is 5.96. The monoisotopic (exact) mass is 249 g/mol. The smallest absolute Gasteiger partial charge is 0.255 e. The van der Waals surface area contributed by atoms with Crippen LogP contribution in [0, 0.1) is 0 Å². The topological polar surface area (TPSA) is 47.6 Å². The summed E-state index contributed by atoms with van der Waals surface area (Å²) in [6.07, 6.45) is 0. The third-order valence-corrected chi connectivity index (χ3v) is 2.23. The maximum atomic E-state index is 11.9. The van der Waals surface area contributed by atoms with Gasteiger partial charge in [0, 0.05) is 6.54 Å². The molecule has 0 aliphatic rings. The van der Waals surface area contributed by atoms with Crippen LogP contribution in [0.4, 0.5) is 0 Å². The van der Waals surface area contributed by atoms with Gasteiger partial charge in [-0.25, -0.2) is 0 Å². The number of carbonyl (C=O) groups is 1. The van der Waals surface area contributed by atoms with E-state index in [1.54, 1.807) is 25.3 Å². The highest BCUT2D eigenvalue weighted by Gasteiger charge is 2.10. The van der Waals surface area contributed by atoms with E-state index in [4.69, 9.17) is 9.47 Å². The van der Waals surface area contributed by atoms with Crippen molar-refractivity contribution in [3.63, 3.8) is 0 Å². The standard InChI is InChI=1S/C14H19NO3/c1-11(2)10-18-9-8-15-14(16)12-6-4-5-7-13(12)17-3/h4-7H,1,8-10H2,2-3H3,(H,15,16). The lowest BCUT2D eigenvalue weighted by Crippen LogP contribution is -2.27. The number of benzene rings is 1. The van der Waals surface area contributed by atoms with Crippen LogP contribution in [0.25, 0.3) is 0 Å². The molecular formula is C14H19NO3. The maximum absolute atomic E-state index is 11.9. The number of ether oxygens (including phenoxy) is 2. The molecule has 0 saturated carbocycles. The lowest BCUT2D eigenvalue weighted by atomic mass is 10.2. The molecule has 1 rings (SSSR count). The van der Waals surface area contributed by atoms with Gasteiger partial charge in [0.1, 0.15) is 5.75 Å². The summed E-state index contributed by atoms with van der Waals surface area (Å²) in [5, 5.41) is 2.77. The van der Waals surface area contributed by atoms with Gasteiger partial charge in [-0.05, 0) is 19.1 Å². The molecule has 1 aromatic rings. The third kappa shape index (κ3) is 4.59. The molecule has 4 heteroatoms. The van der Waals surface area contributed by atoms with Crippen LogP contribution in [-0.2, 0) is 4.74 Å². The quantitative estimate of drug-likeness (QED) is 0.594. The summed E-state index contributed by atoms with van der Waals surface area (Å²) in [5.41, 5.74) is 1.49. The molecular weight excluding hydrogens is 230 g/mol. The molecule has 18 heavy (non-hydrogen) atoms. The minimum atomic E-state index is -0.161. The molecule has 0 aliphatic heterocycles. The average Bonchev–Trinajstić information content (AvgIpc) is 2.37. The summed E-state index contributed by atoms with van der Waals surface area (Å²) >= 11 is 0. The van der Waals surface area contributed by atoms with E-state index in [0.29, 0.717) is 31.1 Å². The van der Waals surface area contributed by atoms with E-state index in [-0.39, 0.29) is 5.91 Å². The molecule has 0 bridgehead atoms. The van der Waals surface area contributed by atoms with Crippen LogP contribution >= 0.6 is 0 Å². The van der Waals surface area contributed by atoms with Crippen LogP contribution < -0.4 is 10.1 Å². The van der Waals surface area contributed by atoms with Crippen molar-refractivity contribution in [2.24, 2.45) is 0 Å². The van der Waals surface area contributed by atoms with Crippen LogP contribution in [0.1, 0.15) is 17.3 Å². The predicted molar refractivity (Wildman–Crippen MR) is 71.0 cm³/mol. The largest absolute Gasteiger partial charge is 0.496 e. The molecule has 0 spiro atoms. The molecule has 0 unspecified atom stereocenters. The molecule has 4 nitrogen and oxygen atoms in total. The summed E-state index contributed by atoms with van der Waals surface area (Å²) in [5.74, 6) is 0.407. The van der Waals surface area contributed by atoms with Crippen molar-refractivity contribution in [1.82, 2.24) is 5.32 Å². The van der Waals surface area contributed by atoms with Gasteiger partial charge < -0.3 is 14.8 Å². The van der Waals surface area contributed by atoms with Crippen LogP contribution in [0.5, 0.6) is 5.75 Å². The third-order valence-electron chi connectivity index (χ3n) is 2.23. The predicted octanol–water partition coefficient (Wildman–Crippen LogP) is 2.02. The molecule has 1 aromatic carbocycles. The van der Waals surface area contributed by atoms with E-state index in [0.717, 1.165) is 5.57 Å². The van der Waals surface area contributed by atoms with Crippen LogP contribution in [-0.4, -0.2) is 32.8 Å². The van der Waals surface area contributed by atoms with Crippen molar-refractivity contribution >= 4 is 5.91 Å². The molecule has 0 radical (unpaired) electrons. The SMILES string of the molecule is C=C(C)COCCNC(=O)c1ccccc1OC. The fraction of sp³-hybridized carbons (Fsp3) is 0.357. The summed E-state index contributed by atoms with van der Waals surface area (Å²) in [6.45, 7) is 7.07. The highest BCUT2D eigenvalue weighted by atomic mass is 16.5. The van der Waals surface area contributed by atoms with Crippen LogP contribution in [0.15, 0.2) is 36.4 Å². The zero-order valence-corrected chi connectivity index (χ0v) is 10.9. The van der Waals surface area contributed by atoms with E-state index in [1.165, 1.54) is 0 Å². The van der Waals surface area contributed by atoms with Gasteiger partial charge in [0.15, 0.2) is 0 Å². The van der Waals surface area contributed by atoms with Gasteiger partial charge in [-0.3, -0.25) is 4.79 Å². The van der Waals surface area contributed by atoms with Gasteiger partial charge in [-0.2, -0.15) is 0 Å². The molecule has 0 atom stereocenters. The Labute approximate surface area is 108 Å². The Bertz CT molecular complexity index is 415. The molecule has 0 fully saturated rings. The summed E-state index contributed by atoms with van der Waals surface area (Å²) in [6, 6.07) is 7.11. The number of amides is 1. The fourth-order valence-corrected chi connectivity index (χ4v) is 1.41. The first-order valence-electron chi connectivity index (χ1n) is 5.78. The number of rotatable bonds is 7. The second-order valence-electron chi connectivity index (χ2n) is 3.97. The molecule has 1 N–H and O–H groups in total. The van der Waals surface area contributed by atoms with Gasteiger partial charge >= 0.3 is 0 Å². The van der Waals surface area contributed by atoms with Gasteiger partial charge in [-0.1, -0.05) is 24.3 Å². The average molecular weight is 249 g/mol. The second kappa shape index (κ2) is 7.50. The lowest BCUT2D eigenvalue weighted by molar-refractivity contribution is 0.0924. The number of hydrogen-bond acceptors (Lipinski definition) is 3. The van der Waals surface area contributed by atoms with Crippen molar-refractivity contribution in [2.45, 2.75) is 6.92 Å². The molecule has 0 saturated heterocycles. The Kier molecular flexibility index (Phi) is 5.94. The number of para-hydroxylation sites is 1. The van der Waals surface area contributed by atoms with Crippen molar-refractivity contribution in [3.8, 4) is 5.75 Å². The van der Waals surface area contributed by atoms with Gasteiger partial charge in [0.05, 0.1) is 25.9 Å². The van der Waals surface area contributed by atoms with E-state index in [1.807, 2.05) is 13.0 Å². The first-order chi connectivity index (χ1) is 8.65. The van der Waals surface area contributed by atoms with Crippen LogP contribution in [0.2, 0.25) is 0 Å². The zero-order valence-electron chi connectivity index (χ0n) is 10.9. The second-order valence-corrected chi connectivity index (χ2v) is 3.97. The van der Waals surface area contributed by atoms with E-state index in [2.05, 4.69) is 11.9 Å². The molecule has 0 aliphatic carbocycles. The number of nitrogens with one attached hydrogen (secondary N) is 1. The van der Waals surface area contributed by atoms with E-state index in [9.17, 15) is 4.79 Å². The molecule has 0 heterocycles. The maximum Gasteiger partial charge on any atom is 0.255 e. The van der Waals surface area contributed by atoms with E-state index < -0.39 is 0 Å². The Balaban J connectivity index is 2.38. The Morgan fingerprint density at radius 1 is 1.39 bits per heavy atom. The summed E-state index contributed by atoms with van der Waals surface area (Å²) in [4.78, 5) is 11.9. The van der Waals surface area contributed by atoms with Gasteiger partial charge in [0.25, 0.3) is 5.91 Å². The van der Waals surface area contributed by atoms with Crippen molar-refractivity contribution in [2.75, 3.05) is 26.9 Å². The van der Waals surface area contributed by atoms with Crippen LogP contribution in [0.3, 0.4) is 0 Å². The zero-order chi connectivity index (χ0) is 13.4. The van der Waals surface area contributed by atoms with Crippen molar-refractivity contribution in [1.29, 1.82) is 0 Å². The summed E-state index contributed by atoms with van der Waals surface area (Å²) in [7, 11) is 1.54. The minimum Gasteiger partial charge on any atom is -0.496 e. The fourth-order valence-electron chi connectivity index (χ4n) is 1.41. The van der Waals surface area contributed by atoms with E-state index >= 15 is 0 Å². The minimum absolute atomic E-state index is 0.161. The summed E-state index contributed by atoms with van der Waals surface area (Å²) < 4.78 is 10.4. The van der Waals surface area contributed by atoms with Gasteiger partial charge in [-0.15, -0.1) is 0 Å².